The van der Waals surface area contributed by atoms with Gasteiger partial charge in [0.15, 0.2) is 0 Å². The van der Waals surface area contributed by atoms with E-state index in [1.165, 1.54) is 31.2 Å². The molecule has 0 spiro atoms. The molecule has 0 aliphatic carbocycles. The fourth-order valence-electron chi connectivity index (χ4n) is 2.65. The van der Waals surface area contributed by atoms with Crippen LogP contribution >= 0.6 is 19.2 Å². The Morgan fingerprint density at radius 2 is 1.79 bits per heavy atom. The summed E-state index contributed by atoms with van der Waals surface area (Å²) in [6, 6.07) is 12.9. The second-order valence-corrected chi connectivity index (χ2v) is 8.40. The Kier molecular flexibility index (Phi) is 6.34. The van der Waals surface area contributed by atoms with Crippen molar-refractivity contribution in [3.63, 3.8) is 0 Å². The first kappa shape index (κ1) is 21.0. The van der Waals surface area contributed by atoms with Crippen LogP contribution in [0.5, 0.6) is 5.88 Å². The predicted octanol–water partition coefficient (Wildman–Crippen LogP) is 4.12. The molecule has 0 saturated heterocycles. The Morgan fingerprint density at radius 3 is 2.41 bits per heavy atom. The number of nitro groups is 1. The average Bonchev–Trinajstić information content (AvgIpc) is 3.17. The molecule has 0 unspecified atom stereocenters. The first-order valence-corrected chi connectivity index (χ1v) is 10.2. The van der Waals surface area contributed by atoms with E-state index >= 15 is 0 Å². The molecule has 0 saturated carbocycles. The van der Waals surface area contributed by atoms with Crippen molar-refractivity contribution in [3.05, 3.63) is 75.4 Å². The number of nitrogens with zero attached hydrogens (tertiary/aromatic N) is 3. The zero-order valence-electron chi connectivity index (χ0n) is 15.5. The molecule has 0 N–H and O–H groups in total. The van der Waals surface area contributed by atoms with Gasteiger partial charge in [0, 0.05) is 25.3 Å². The van der Waals surface area contributed by atoms with E-state index in [1.807, 2.05) is 0 Å². The van der Waals surface area contributed by atoms with Crippen molar-refractivity contribution in [1.29, 1.82) is 0 Å². The Labute approximate surface area is 171 Å². The molecule has 0 radical (unpaired) electrons. The quantitative estimate of drug-likeness (QED) is 0.296. The van der Waals surface area contributed by atoms with Crippen molar-refractivity contribution in [2.24, 2.45) is 0 Å². The summed E-state index contributed by atoms with van der Waals surface area (Å²) in [5, 5.41) is 16.1. The summed E-state index contributed by atoms with van der Waals surface area (Å²) in [5.74, 6) is 0.0810. The maximum absolute atomic E-state index is 13.0. The first-order chi connectivity index (χ1) is 13.9. The summed E-state index contributed by atoms with van der Waals surface area (Å²) in [6.07, 6.45) is 1.32. The lowest BCUT2D eigenvalue weighted by Gasteiger charge is -2.16. The van der Waals surface area contributed by atoms with Crippen LogP contribution in [0.4, 0.5) is 5.69 Å². The van der Waals surface area contributed by atoms with Gasteiger partial charge in [0.25, 0.3) is 5.69 Å². The number of aromatic nitrogens is 2. The van der Waals surface area contributed by atoms with Crippen LogP contribution in [-0.2, 0) is 20.2 Å². The number of ether oxygens (including phenoxy) is 1. The van der Waals surface area contributed by atoms with Gasteiger partial charge in [0.05, 0.1) is 22.4 Å². The Morgan fingerprint density at radius 1 is 1.14 bits per heavy atom. The largest absolute Gasteiger partial charge is 0.472 e. The second-order valence-electron chi connectivity index (χ2n) is 5.76. The van der Waals surface area contributed by atoms with Gasteiger partial charge < -0.3 is 13.8 Å². The molecule has 2 aromatic carbocycles. The summed E-state index contributed by atoms with van der Waals surface area (Å²) in [5.41, 5.74) is 0.835. The molecule has 0 atom stereocenters. The molecule has 9 nitrogen and oxygen atoms in total. The summed E-state index contributed by atoms with van der Waals surface area (Å²) >= 11 is 5.94. The zero-order valence-corrected chi connectivity index (χ0v) is 17.2. The lowest BCUT2D eigenvalue weighted by atomic mass is 10.2. The van der Waals surface area contributed by atoms with Crippen LogP contribution in [0.3, 0.4) is 0 Å². The van der Waals surface area contributed by atoms with E-state index in [-0.39, 0.29) is 23.5 Å². The summed E-state index contributed by atoms with van der Waals surface area (Å²) in [6.45, 7) is -0.156. The van der Waals surface area contributed by atoms with Gasteiger partial charge in [-0.2, -0.15) is 5.10 Å². The third-order valence-corrected chi connectivity index (χ3v) is 6.22. The van der Waals surface area contributed by atoms with E-state index in [0.717, 1.165) is 0 Å². The highest BCUT2D eigenvalue weighted by atomic mass is 35.5. The van der Waals surface area contributed by atoms with E-state index in [0.29, 0.717) is 16.3 Å². The second kappa shape index (κ2) is 8.75. The van der Waals surface area contributed by atoms with Gasteiger partial charge >= 0.3 is 7.60 Å². The highest BCUT2D eigenvalue weighted by molar-refractivity contribution is 7.62. The average molecular weight is 438 g/mol. The minimum atomic E-state index is -3.70. The maximum Gasteiger partial charge on any atom is 0.367 e. The minimum absolute atomic E-state index is 0.0810. The van der Waals surface area contributed by atoms with Gasteiger partial charge in [0.1, 0.15) is 11.9 Å². The number of hydrogen-bond acceptors (Lipinski definition) is 7. The van der Waals surface area contributed by atoms with Crippen molar-refractivity contribution in [2.75, 3.05) is 14.2 Å². The van der Waals surface area contributed by atoms with Crippen molar-refractivity contribution >= 4 is 30.2 Å². The van der Waals surface area contributed by atoms with Gasteiger partial charge in [-0.05, 0) is 30.3 Å². The summed E-state index contributed by atoms with van der Waals surface area (Å²) in [4.78, 5) is 10.8. The predicted molar refractivity (Wildman–Crippen MR) is 107 cm³/mol. The molecule has 29 heavy (non-hydrogen) atoms. The Hall–Kier alpha value is -2.71. The number of para-hydroxylation sites is 1. The number of rotatable bonds is 8. The fraction of sp³-hybridized carbons (Fsp3) is 0.167. The van der Waals surface area contributed by atoms with E-state index in [1.54, 1.807) is 42.5 Å². The molecular weight excluding hydrogens is 421 g/mol. The maximum atomic E-state index is 13.0. The monoisotopic (exact) mass is 437 g/mol. The van der Waals surface area contributed by atoms with Crippen molar-refractivity contribution in [2.45, 2.75) is 6.61 Å². The summed E-state index contributed by atoms with van der Waals surface area (Å²) < 4.78 is 30.3. The van der Waals surface area contributed by atoms with Crippen LogP contribution in [0, 0.1) is 10.1 Å². The Balaban J connectivity index is 2.05. The molecule has 0 fully saturated rings. The van der Waals surface area contributed by atoms with Crippen molar-refractivity contribution in [1.82, 2.24) is 9.78 Å². The van der Waals surface area contributed by atoms with Gasteiger partial charge in [-0.3, -0.25) is 14.7 Å². The smallest absolute Gasteiger partial charge is 0.367 e. The molecule has 152 valence electrons. The van der Waals surface area contributed by atoms with Gasteiger partial charge in [-0.1, -0.05) is 23.7 Å². The molecular formula is C18H17ClN3O6P. The molecule has 1 aromatic heterocycles. The minimum Gasteiger partial charge on any atom is -0.472 e. The highest BCUT2D eigenvalue weighted by Gasteiger charge is 2.33. The van der Waals surface area contributed by atoms with Gasteiger partial charge in [0.2, 0.25) is 5.88 Å². The lowest BCUT2D eigenvalue weighted by Crippen LogP contribution is -2.13. The third-order valence-electron chi connectivity index (χ3n) is 4.11. The first-order valence-electron chi connectivity index (χ1n) is 8.30. The zero-order chi connectivity index (χ0) is 21.0. The van der Waals surface area contributed by atoms with E-state index in [4.69, 9.17) is 25.4 Å². The van der Waals surface area contributed by atoms with Crippen LogP contribution in [0.1, 0.15) is 5.56 Å². The molecule has 0 bridgehead atoms. The number of benzene rings is 2. The standard InChI is InChI=1S/C18H17ClN3O6P/c1-26-29(25,27-2)17-11-20-21(15-9-7-14(19)8-10-15)18(17)28-12-13-5-3-4-6-16(13)22(23)24/h3-11H,12H2,1-2H3. The van der Waals surface area contributed by atoms with Crippen LogP contribution in [0.15, 0.2) is 54.7 Å². The van der Waals surface area contributed by atoms with Crippen LogP contribution < -0.4 is 10.0 Å². The molecule has 0 amide bonds. The highest BCUT2D eigenvalue weighted by Crippen LogP contribution is 2.48. The lowest BCUT2D eigenvalue weighted by molar-refractivity contribution is -0.385. The molecule has 3 rings (SSSR count). The molecule has 1 heterocycles. The van der Waals surface area contributed by atoms with Crippen molar-refractivity contribution in [3.8, 4) is 11.6 Å². The van der Waals surface area contributed by atoms with Gasteiger partial charge in [-0.15, -0.1) is 0 Å². The third kappa shape index (κ3) is 4.33. The molecule has 0 aliphatic rings. The Bertz CT molecular complexity index is 1060. The normalized spacial score (nSPS) is 11.4. The summed E-state index contributed by atoms with van der Waals surface area (Å²) in [7, 11) is -1.21. The molecule has 0 aliphatic heterocycles. The molecule has 11 heteroatoms. The van der Waals surface area contributed by atoms with Crippen molar-refractivity contribution < 1.29 is 23.3 Å². The van der Waals surface area contributed by atoms with Crippen LogP contribution in [0.2, 0.25) is 5.02 Å². The number of hydrogen-bond donors (Lipinski definition) is 0. The fourth-order valence-corrected chi connectivity index (χ4v) is 3.90. The number of nitro benzene ring substituents is 1. The van der Waals surface area contributed by atoms with Crippen LogP contribution in [-0.4, -0.2) is 28.9 Å². The molecule has 3 aromatic rings. The van der Waals surface area contributed by atoms with Crippen LogP contribution in [0.25, 0.3) is 5.69 Å². The topological polar surface area (TPSA) is 106 Å². The van der Waals surface area contributed by atoms with E-state index in [9.17, 15) is 14.7 Å². The van der Waals surface area contributed by atoms with Gasteiger partial charge in [-0.25, -0.2) is 4.68 Å². The SMILES string of the molecule is COP(=O)(OC)c1cnn(-c2ccc(Cl)cc2)c1OCc1ccccc1[N+](=O)[O-]. The van der Waals surface area contributed by atoms with E-state index in [2.05, 4.69) is 5.10 Å². The van der Waals surface area contributed by atoms with E-state index < -0.39 is 12.5 Å². The number of halogens is 1.